The summed E-state index contributed by atoms with van der Waals surface area (Å²) in [7, 11) is 0. The van der Waals surface area contributed by atoms with Gasteiger partial charge in [-0.15, -0.1) is 0 Å². The highest BCUT2D eigenvalue weighted by molar-refractivity contribution is 6.10. The normalized spacial score (nSPS) is 19.4. The Morgan fingerprint density at radius 2 is 1.88 bits per heavy atom. The Morgan fingerprint density at radius 3 is 2.58 bits per heavy atom. The number of carbonyl (C=O) groups excluding carboxylic acids is 3. The van der Waals surface area contributed by atoms with E-state index < -0.39 is 35.7 Å². The van der Waals surface area contributed by atoms with Crippen LogP contribution in [0.3, 0.4) is 0 Å². The first-order valence-electron chi connectivity index (χ1n) is 8.07. The van der Waals surface area contributed by atoms with E-state index in [1.165, 1.54) is 18.2 Å². The van der Waals surface area contributed by atoms with Crippen molar-refractivity contribution in [2.24, 2.45) is 0 Å². The third kappa shape index (κ3) is 3.15. The Balaban J connectivity index is 1.76. The molecule has 7 heteroatoms. The molecule has 2 aromatic carbocycles. The monoisotopic (exact) mass is 355 g/mol. The van der Waals surface area contributed by atoms with E-state index >= 15 is 0 Å². The molecule has 1 fully saturated rings. The van der Waals surface area contributed by atoms with Crippen LogP contribution >= 0.6 is 0 Å². The third-order valence-corrected chi connectivity index (χ3v) is 4.40. The molecule has 0 radical (unpaired) electrons. The number of carbonyl (C=O) groups is 3. The number of anilines is 1. The SMILES string of the molecule is Cc1ccc(F)cc1NC(=O)CN1C(=O)NC(C)(c2ccccc2)C1=O. The van der Waals surface area contributed by atoms with Crippen LogP contribution in [0.1, 0.15) is 18.1 Å². The summed E-state index contributed by atoms with van der Waals surface area (Å²) in [5.74, 6) is -1.59. The number of hydrogen-bond acceptors (Lipinski definition) is 3. The van der Waals surface area contributed by atoms with E-state index in [4.69, 9.17) is 0 Å². The molecule has 0 saturated carbocycles. The molecule has 6 nitrogen and oxygen atoms in total. The van der Waals surface area contributed by atoms with Gasteiger partial charge in [-0.2, -0.15) is 0 Å². The molecule has 0 aliphatic carbocycles. The van der Waals surface area contributed by atoms with Gasteiger partial charge < -0.3 is 10.6 Å². The molecule has 0 spiro atoms. The number of halogens is 1. The Morgan fingerprint density at radius 1 is 1.19 bits per heavy atom. The number of nitrogens with one attached hydrogen (secondary N) is 2. The molecule has 0 aromatic heterocycles. The van der Waals surface area contributed by atoms with Gasteiger partial charge in [0, 0.05) is 5.69 Å². The molecule has 1 saturated heterocycles. The van der Waals surface area contributed by atoms with Gasteiger partial charge in [0.15, 0.2) is 0 Å². The molecule has 26 heavy (non-hydrogen) atoms. The number of aryl methyl sites for hydroxylation is 1. The maximum Gasteiger partial charge on any atom is 0.325 e. The summed E-state index contributed by atoms with van der Waals surface area (Å²) >= 11 is 0. The van der Waals surface area contributed by atoms with E-state index in [1.54, 1.807) is 44.2 Å². The lowest BCUT2D eigenvalue weighted by Gasteiger charge is -2.22. The summed E-state index contributed by atoms with van der Waals surface area (Å²) in [6, 6.07) is 12.2. The van der Waals surface area contributed by atoms with Crippen LogP contribution in [-0.2, 0) is 15.1 Å². The zero-order valence-corrected chi connectivity index (χ0v) is 14.4. The Kier molecular flexibility index (Phi) is 4.46. The van der Waals surface area contributed by atoms with Crippen LogP contribution in [0.2, 0.25) is 0 Å². The third-order valence-electron chi connectivity index (χ3n) is 4.40. The average molecular weight is 355 g/mol. The minimum absolute atomic E-state index is 0.299. The predicted molar refractivity (Wildman–Crippen MR) is 93.8 cm³/mol. The van der Waals surface area contributed by atoms with E-state index in [1.807, 2.05) is 0 Å². The standard InChI is InChI=1S/C19H18FN3O3/c1-12-8-9-14(20)10-15(12)21-16(24)11-23-17(25)19(2,22-18(23)26)13-6-4-3-5-7-13/h3-10H,11H2,1-2H3,(H,21,24)(H,22,26). The lowest BCUT2D eigenvalue weighted by molar-refractivity contribution is -0.133. The fraction of sp³-hybridized carbons (Fsp3) is 0.211. The van der Waals surface area contributed by atoms with E-state index in [0.717, 1.165) is 4.90 Å². The molecule has 1 unspecified atom stereocenters. The van der Waals surface area contributed by atoms with Crippen LogP contribution in [-0.4, -0.2) is 29.3 Å². The Labute approximate surface area is 150 Å². The van der Waals surface area contributed by atoms with E-state index in [-0.39, 0.29) is 0 Å². The lowest BCUT2D eigenvalue weighted by atomic mass is 9.92. The molecule has 1 heterocycles. The summed E-state index contributed by atoms with van der Waals surface area (Å²) in [4.78, 5) is 38.1. The van der Waals surface area contributed by atoms with Gasteiger partial charge >= 0.3 is 6.03 Å². The van der Waals surface area contributed by atoms with Gasteiger partial charge in [0.05, 0.1) is 0 Å². The fourth-order valence-electron chi connectivity index (χ4n) is 2.87. The summed E-state index contributed by atoms with van der Waals surface area (Å²) < 4.78 is 13.3. The van der Waals surface area contributed by atoms with Crippen molar-refractivity contribution in [2.45, 2.75) is 19.4 Å². The molecule has 134 valence electrons. The smallest absolute Gasteiger partial charge is 0.324 e. The summed E-state index contributed by atoms with van der Waals surface area (Å²) in [5, 5.41) is 5.17. The van der Waals surface area contributed by atoms with Crippen LogP contribution in [0.4, 0.5) is 14.9 Å². The maximum absolute atomic E-state index is 13.3. The summed E-state index contributed by atoms with van der Waals surface area (Å²) in [5.41, 5.74) is 0.370. The van der Waals surface area contributed by atoms with Gasteiger partial charge in [0.25, 0.3) is 5.91 Å². The van der Waals surface area contributed by atoms with Crippen molar-refractivity contribution in [2.75, 3.05) is 11.9 Å². The second kappa shape index (κ2) is 6.59. The first kappa shape index (κ1) is 17.6. The lowest BCUT2D eigenvalue weighted by Crippen LogP contribution is -2.42. The van der Waals surface area contributed by atoms with Crippen molar-refractivity contribution in [3.63, 3.8) is 0 Å². The highest BCUT2D eigenvalue weighted by Gasteiger charge is 2.49. The molecule has 0 bridgehead atoms. The summed E-state index contributed by atoms with van der Waals surface area (Å²) in [6.45, 7) is 2.86. The van der Waals surface area contributed by atoms with Gasteiger partial charge in [-0.05, 0) is 37.1 Å². The van der Waals surface area contributed by atoms with Crippen LogP contribution in [0.5, 0.6) is 0 Å². The predicted octanol–water partition coefficient (Wildman–Crippen LogP) is 2.54. The van der Waals surface area contributed by atoms with Gasteiger partial charge in [0.2, 0.25) is 5.91 Å². The fourth-order valence-corrected chi connectivity index (χ4v) is 2.87. The zero-order valence-electron chi connectivity index (χ0n) is 14.4. The van der Waals surface area contributed by atoms with Crippen molar-refractivity contribution >= 4 is 23.5 Å². The van der Waals surface area contributed by atoms with Crippen molar-refractivity contribution in [3.8, 4) is 0 Å². The molecular formula is C19H18FN3O3. The number of imide groups is 1. The van der Waals surface area contributed by atoms with Crippen LogP contribution in [0, 0.1) is 12.7 Å². The average Bonchev–Trinajstić information content (AvgIpc) is 2.83. The molecule has 2 N–H and O–H groups in total. The number of urea groups is 1. The molecule has 1 aliphatic heterocycles. The quantitative estimate of drug-likeness (QED) is 0.828. The van der Waals surface area contributed by atoms with Crippen LogP contribution < -0.4 is 10.6 Å². The summed E-state index contributed by atoms with van der Waals surface area (Å²) in [6.07, 6.45) is 0. The second-order valence-corrected chi connectivity index (χ2v) is 6.32. The van der Waals surface area contributed by atoms with Crippen molar-refractivity contribution < 1.29 is 18.8 Å². The highest BCUT2D eigenvalue weighted by atomic mass is 19.1. The number of rotatable bonds is 4. The molecular weight excluding hydrogens is 337 g/mol. The highest BCUT2D eigenvalue weighted by Crippen LogP contribution is 2.28. The number of hydrogen-bond donors (Lipinski definition) is 2. The first-order valence-corrected chi connectivity index (χ1v) is 8.07. The molecule has 3 rings (SSSR count). The Hall–Kier alpha value is -3.22. The zero-order chi connectivity index (χ0) is 18.9. The van der Waals surface area contributed by atoms with E-state index in [9.17, 15) is 18.8 Å². The second-order valence-electron chi connectivity index (χ2n) is 6.32. The van der Waals surface area contributed by atoms with Crippen molar-refractivity contribution in [1.82, 2.24) is 10.2 Å². The van der Waals surface area contributed by atoms with Gasteiger partial charge in [-0.3, -0.25) is 14.5 Å². The largest absolute Gasteiger partial charge is 0.325 e. The van der Waals surface area contributed by atoms with Crippen molar-refractivity contribution in [1.29, 1.82) is 0 Å². The van der Waals surface area contributed by atoms with Gasteiger partial charge in [-0.1, -0.05) is 36.4 Å². The molecule has 1 aliphatic rings. The van der Waals surface area contributed by atoms with Gasteiger partial charge in [-0.25, -0.2) is 9.18 Å². The van der Waals surface area contributed by atoms with Crippen LogP contribution in [0.15, 0.2) is 48.5 Å². The first-order chi connectivity index (χ1) is 12.3. The maximum atomic E-state index is 13.3. The minimum atomic E-state index is -1.23. The van der Waals surface area contributed by atoms with E-state index in [2.05, 4.69) is 10.6 Å². The van der Waals surface area contributed by atoms with Gasteiger partial charge in [0.1, 0.15) is 17.9 Å². The minimum Gasteiger partial charge on any atom is -0.324 e. The van der Waals surface area contributed by atoms with Crippen LogP contribution in [0.25, 0.3) is 0 Å². The number of nitrogens with zero attached hydrogens (tertiary/aromatic N) is 1. The van der Waals surface area contributed by atoms with E-state index in [0.29, 0.717) is 16.8 Å². The molecule has 2 aromatic rings. The molecule has 1 atom stereocenters. The molecule has 4 amide bonds. The van der Waals surface area contributed by atoms with Crippen molar-refractivity contribution in [3.05, 3.63) is 65.5 Å². The number of amides is 4. The number of benzene rings is 2. The topological polar surface area (TPSA) is 78.5 Å². The Bertz CT molecular complexity index is 885.